The van der Waals surface area contributed by atoms with Gasteiger partial charge in [-0.05, 0) is 47.1 Å². The molecule has 0 amide bonds. The number of carbonyl (C=O) groups excluding carboxylic acids is 1. The summed E-state index contributed by atoms with van der Waals surface area (Å²) < 4.78 is 23.2. The Morgan fingerprint density at radius 1 is 1.14 bits per heavy atom. The van der Waals surface area contributed by atoms with Gasteiger partial charge >= 0.3 is 5.97 Å². The van der Waals surface area contributed by atoms with E-state index in [-0.39, 0.29) is 6.29 Å². The Morgan fingerprint density at radius 2 is 1.64 bits per heavy atom. The summed E-state index contributed by atoms with van der Waals surface area (Å²) in [6.07, 6.45) is 0.638. The molecule has 166 valence electrons. The fraction of sp³-hybridized carbons (Fsp3) is 0.842. The molecule has 0 rings (SSSR count). The standard InChI is InChI=1S/C19H42O6Si3/c1-14(2)16(20)23-18(5,11-10-15(24-26)25-27)19(6,17(3,4)21)22-12-13-28(7,8)9/h15,21H,1,10-13H2,2-9,26-27H3. The molecule has 0 fully saturated rings. The molecule has 0 aromatic carbocycles. The van der Waals surface area contributed by atoms with Gasteiger partial charge in [0.1, 0.15) is 38.5 Å². The van der Waals surface area contributed by atoms with Crippen molar-refractivity contribution < 1.29 is 28.2 Å². The molecule has 0 aromatic heterocycles. The molecule has 0 heterocycles. The largest absolute Gasteiger partial charge is 0.453 e. The van der Waals surface area contributed by atoms with Crippen molar-refractivity contribution in [2.45, 2.75) is 96.2 Å². The first-order valence-electron chi connectivity index (χ1n) is 9.84. The fourth-order valence-electron chi connectivity index (χ4n) is 2.94. The van der Waals surface area contributed by atoms with Crippen LogP contribution in [0, 0.1) is 0 Å². The van der Waals surface area contributed by atoms with Gasteiger partial charge in [-0.15, -0.1) is 0 Å². The lowest BCUT2D eigenvalue weighted by Gasteiger charge is -2.52. The highest BCUT2D eigenvalue weighted by molar-refractivity contribution is 6.76. The number of aliphatic hydroxyl groups is 1. The number of hydrogen-bond donors (Lipinski definition) is 1. The minimum atomic E-state index is -1.33. The third-order valence-electron chi connectivity index (χ3n) is 5.47. The van der Waals surface area contributed by atoms with Crippen LogP contribution in [0.4, 0.5) is 0 Å². The van der Waals surface area contributed by atoms with E-state index in [1.165, 1.54) is 0 Å². The maximum Gasteiger partial charge on any atom is 0.333 e. The Kier molecular flexibility index (Phi) is 10.5. The predicted molar refractivity (Wildman–Crippen MR) is 123 cm³/mol. The summed E-state index contributed by atoms with van der Waals surface area (Å²) in [7, 11) is -0.223. The zero-order valence-electron chi connectivity index (χ0n) is 19.6. The third-order valence-corrected chi connectivity index (χ3v) is 8.22. The molecule has 0 aliphatic carbocycles. The van der Waals surface area contributed by atoms with Gasteiger partial charge in [0.05, 0.1) is 5.60 Å². The predicted octanol–water partition coefficient (Wildman–Crippen LogP) is 1.45. The average Bonchev–Trinajstić information content (AvgIpc) is 2.53. The summed E-state index contributed by atoms with van der Waals surface area (Å²) in [5.41, 5.74) is -3.18. The molecule has 9 heteroatoms. The first-order chi connectivity index (χ1) is 12.5. The molecule has 0 saturated heterocycles. The van der Waals surface area contributed by atoms with Gasteiger partial charge in [0.15, 0.2) is 0 Å². The number of hydrogen-bond acceptors (Lipinski definition) is 6. The topological polar surface area (TPSA) is 74.2 Å². The zero-order chi connectivity index (χ0) is 22.4. The van der Waals surface area contributed by atoms with Crippen LogP contribution < -0.4 is 0 Å². The van der Waals surface area contributed by atoms with Crippen molar-refractivity contribution in [3.63, 3.8) is 0 Å². The molecular formula is C19H42O6Si3. The molecule has 0 saturated carbocycles. The Morgan fingerprint density at radius 3 is 2.00 bits per heavy atom. The van der Waals surface area contributed by atoms with Crippen molar-refractivity contribution >= 4 is 35.0 Å². The van der Waals surface area contributed by atoms with Crippen LogP contribution in [0.5, 0.6) is 0 Å². The molecule has 28 heavy (non-hydrogen) atoms. The van der Waals surface area contributed by atoms with Crippen LogP contribution in [-0.4, -0.2) is 69.8 Å². The lowest BCUT2D eigenvalue weighted by Crippen LogP contribution is -2.66. The fourth-order valence-corrected chi connectivity index (χ4v) is 4.90. The van der Waals surface area contributed by atoms with Gasteiger partial charge in [0.2, 0.25) is 0 Å². The number of carbonyl (C=O) groups is 1. The van der Waals surface area contributed by atoms with Gasteiger partial charge < -0.3 is 23.4 Å². The minimum Gasteiger partial charge on any atom is -0.453 e. The molecule has 0 bridgehead atoms. The highest BCUT2D eigenvalue weighted by Crippen LogP contribution is 2.43. The molecule has 0 aromatic rings. The first-order valence-corrected chi connectivity index (χ1v) is 15.2. The van der Waals surface area contributed by atoms with E-state index >= 15 is 0 Å². The molecule has 0 aliphatic heterocycles. The van der Waals surface area contributed by atoms with Gasteiger partial charge in [-0.3, -0.25) is 0 Å². The van der Waals surface area contributed by atoms with Crippen LogP contribution in [0.2, 0.25) is 25.7 Å². The van der Waals surface area contributed by atoms with Crippen LogP contribution in [-0.2, 0) is 23.1 Å². The van der Waals surface area contributed by atoms with E-state index in [9.17, 15) is 9.90 Å². The maximum absolute atomic E-state index is 12.4. The summed E-state index contributed by atoms with van der Waals surface area (Å²) in [6.45, 7) is 19.6. The van der Waals surface area contributed by atoms with Gasteiger partial charge in [-0.25, -0.2) is 4.79 Å². The quantitative estimate of drug-likeness (QED) is 0.198. The summed E-state index contributed by atoms with van der Waals surface area (Å²) in [5, 5.41) is 11.1. The molecule has 6 nitrogen and oxygen atoms in total. The zero-order valence-corrected chi connectivity index (χ0v) is 24.6. The van der Waals surface area contributed by atoms with Crippen molar-refractivity contribution in [1.82, 2.24) is 0 Å². The summed E-state index contributed by atoms with van der Waals surface area (Å²) in [5.74, 6) is -0.498. The van der Waals surface area contributed by atoms with E-state index in [4.69, 9.17) is 18.3 Å². The normalized spacial score (nSPS) is 18.3. The second-order valence-corrected chi connectivity index (χ2v) is 16.2. The number of esters is 1. The number of ether oxygens (including phenoxy) is 2. The maximum atomic E-state index is 12.4. The Bertz CT molecular complexity index is 525. The van der Waals surface area contributed by atoms with Crippen LogP contribution in [0.3, 0.4) is 0 Å². The average molecular weight is 451 g/mol. The molecule has 1 N–H and O–H groups in total. The Balaban J connectivity index is 5.92. The van der Waals surface area contributed by atoms with Crippen molar-refractivity contribution in [2.24, 2.45) is 0 Å². The minimum absolute atomic E-state index is 0.307. The van der Waals surface area contributed by atoms with E-state index in [2.05, 4.69) is 26.2 Å². The van der Waals surface area contributed by atoms with Gasteiger partial charge in [0, 0.05) is 26.7 Å². The second kappa shape index (κ2) is 10.6. The second-order valence-electron chi connectivity index (χ2n) is 9.59. The van der Waals surface area contributed by atoms with Gasteiger partial charge in [-0.1, -0.05) is 26.2 Å². The van der Waals surface area contributed by atoms with Crippen LogP contribution in [0.1, 0.15) is 47.5 Å². The summed E-state index contributed by atoms with van der Waals surface area (Å²) >= 11 is 0. The van der Waals surface area contributed by atoms with E-state index in [0.717, 1.165) is 6.04 Å². The Labute approximate surface area is 178 Å². The van der Waals surface area contributed by atoms with Crippen molar-refractivity contribution in [3.05, 3.63) is 12.2 Å². The van der Waals surface area contributed by atoms with Crippen molar-refractivity contribution in [2.75, 3.05) is 6.61 Å². The summed E-state index contributed by atoms with van der Waals surface area (Å²) in [6, 6.07) is 0.944. The molecular weight excluding hydrogens is 408 g/mol. The van der Waals surface area contributed by atoms with E-state index in [1.807, 2.05) is 13.8 Å². The van der Waals surface area contributed by atoms with Crippen molar-refractivity contribution in [1.29, 1.82) is 0 Å². The lowest BCUT2D eigenvalue weighted by atomic mass is 9.71. The first kappa shape index (κ1) is 27.7. The summed E-state index contributed by atoms with van der Waals surface area (Å²) in [4.78, 5) is 12.4. The van der Waals surface area contributed by atoms with E-state index in [0.29, 0.717) is 46.0 Å². The highest BCUT2D eigenvalue weighted by Gasteiger charge is 2.57. The SMILES string of the molecule is C=C(C)C(=O)OC(C)(CCC(O[SiH3])O[SiH3])C(C)(OCC[Si](C)(C)C)C(C)(C)O. The number of rotatable bonds is 13. The molecule has 0 aliphatic rings. The van der Waals surface area contributed by atoms with Crippen molar-refractivity contribution in [3.8, 4) is 0 Å². The van der Waals surface area contributed by atoms with Gasteiger partial charge in [-0.2, -0.15) is 0 Å². The van der Waals surface area contributed by atoms with E-state index in [1.54, 1.807) is 20.8 Å². The van der Waals surface area contributed by atoms with Crippen LogP contribution >= 0.6 is 0 Å². The Hall–Kier alpha value is -0.299. The molecule has 2 unspecified atom stereocenters. The third kappa shape index (κ3) is 7.85. The van der Waals surface area contributed by atoms with Crippen LogP contribution in [0.15, 0.2) is 12.2 Å². The smallest absolute Gasteiger partial charge is 0.333 e. The lowest BCUT2D eigenvalue weighted by molar-refractivity contribution is -0.255. The molecule has 0 spiro atoms. The van der Waals surface area contributed by atoms with Gasteiger partial charge in [0.25, 0.3) is 0 Å². The monoisotopic (exact) mass is 450 g/mol. The molecule has 2 atom stereocenters. The molecule has 0 radical (unpaired) electrons. The highest BCUT2D eigenvalue weighted by atomic mass is 28.3. The van der Waals surface area contributed by atoms with E-state index < -0.39 is 30.8 Å². The van der Waals surface area contributed by atoms with Crippen LogP contribution in [0.25, 0.3) is 0 Å².